The SMILES string of the molecule is C[C@@H](COC(=O)C(C)(C)CC(C)(C)C)OC(=O)C(C)(C)CC(C)(C)/C=C\CCCC/C=C\C(C)(C)CC(C)(C)C. The maximum Gasteiger partial charge on any atom is 0.311 e. The third-order valence-corrected chi connectivity index (χ3v) is 6.85. The number of hydrogen-bond donors (Lipinski definition) is 0. The van der Waals surface area contributed by atoms with Crippen molar-refractivity contribution in [2.24, 2.45) is 32.5 Å². The van der Waals surface area contributed by atoms with Crippen LogP contribution in [-0.4, -0.2) is 24.6 Å². The standard InChI is InChI=1S/C36H66O4/c1-28(24-39-29(37)35(12,13)26-32(5,6)7)40-30(38)36(14,15)27-34(10,11)23-21-19-17-16-18-20-22-33(8,9)25-31(2,3)4/h20-23,28H,16-19,24-27H2,1-15H3/b22-20-,23-21-/t28-/m0/s1. The molecule has 0 saturated carbocycles. The Bertz CT molecular complexity index is 841. The smallest absolute Gasteiger partial charge is 0.311 e. The minimum atomic E-state index is -0.651. The summed E-state index contributed by atoms with van der Waals surface area (Å²) < 4.78 is 11.2. The Hall–Kier alpha value is -1.58. The number of allylic oxidation sites excluding steroid dienone is 4. The largest absolute Gasteiger partial charge is 0.461 e. The number of carbonyl (C=O) groups excluding carboxylic acids is 2. The fourth-order valence-electron chi connectivity index (χ4n) is 6.19. The Morgan fingerprint density at radius 1 is 0.600 bits per heavy atom. The highest BCUT2D eigenvalue weighted by molar-refractivity contribution is 5.77. The maximum absolute atomic E-state index is 13.0. The Morgan fingerprint density at radius 2 is 1.00 bits per heavy atom. The van der Waals surface area contributed by atoms with Crippen LogP contribution in [0, 0.1) is 32.5 Å². The molecule has 0 aliphatic carbocycles. The Kier molecular flexibility index (Phi) is 14.5. The lowest BCUT2D eigenvalue weighted by molar-refractivity contribution is -0.170. The summed E-state index contributed by atoms with van der Waals surface area (Å²) in [5.41, 5.74) is -0.771. The van der Waals surface area contributed by atoms with Crippen LogP contribution in [-0.2, 0) is 19.1 Å². The van der Waals surface area contributed by atoms with Gasteiger partial charge in [-0.3, -0.25) is 9.59 Å². The highest BCUT2D eigenvalue weighted by atomic mass is 16.6. The van der Waals surface area contributed by atoms with E-state index in [1.165, 1.54) is 12.8 Å². The molecule has 0 amide bonds. The zero-order valence-corrected chi connectivity index (χ0v) is 29.2. The predicted molar refractivity (Wildman–Crippen MR) is 171 cm³/mol. The summed E-state index contributed by atoms with van der Waals surface area (Å²) in [6.07, 6.45) is 15.8. The van der Waals surface area contributed by atoms with Crippen LogP contribution in [0.2, 0.25) is 0 Å². The average molecular weight is 563 g/mol. The molecule has 0 aliphatic rings. The lowest BCUT2D eigenvalue weighted by atomic mass is 9.75. The van der Waals surface area contributed by atoms with Crippen LogP contribution in [0.3, 0.4) is 0 Å². The Labute approximate surface area is 249 Å². The first-order valence-corrected chi connectivity index (χ1v) is 15.5. The molecule has 0 aromatic rings. The molecule has 0 N–H and O–H groups in total. The molecule has 0 fully saturated rings. The van der Waals surface area contributed by atoms with Crippen LogP contribution >= 0.6 is 0 Å². The van der Waals surface area contributed by atoms with Crippen LogP contribution in [0.4, 0.5) is 0 Å². The third-order valence-electron chi connectivity index (χ3n) is 6.85. The van der Waals surface area contributed by atoms with E-state index in [0.29, 0.717) is 11.8 Å². The number of unbranched alkanes of at least 4 members (excludes halogenated alkanes) is 3. The number of ether oxygens (including phenoxy) is 2. The zero-order valence-electron chi connectivity index (χ0n) is 29.2. The van der Waals surface area contributed by atoms with Crippen molar-refractivity contribution in [1.82, 2.24) is 0 Å². The summed E-state index contributed by atoms with van der Waals surface area (Å²) in [5, 5.41) is 0. The van der Waals surface area contributed by atoms with Gasteiger partial charge in [0, 0.05) is 0 Å². The van der Waals surface area contributed by atoms with Crippen molar-refractivity contribution in [2.45, 2.75) is 155 Å². The van der Waals surface area contributed by atoms with E-state index >= 15 is 0 Å². The molecule has 0 heterocycles. The summed E-state index contributed by atoms with van der Waals surface area (Å²) in [5.74, 6) is -0.510. The minimum Gasteiger partial charge on any atom is -0.461 e. The van der Waals surface area contributed by atoms with Crippen molar-refractivity contribution in [3.05, 3.63) is 24.3 Å². The fraction of sp³-hybridized carbons (Fsp3) is 0.833. The normalized spacial score (nSPS) is 15.1. The van der Waals surface area contributed by atoms with Gasteiger partial charge in [-0.25, -0.2) is 0 Å². The van der Waals surface area contributed by atoms with E-state index in [4.69, 9.17) is 9.47 Å². The molecule has 0 rings (SSSR count). The van der Waals surface area contributed by atoms with Gasteiger partial charge in [0.2, 0.25) is 0 Å². The lowest BCUT2D eigenvalue weighted by Gasteiger charge is -2.33. The monoisotopic (exact) mass is 562 g/mol. The van der Waals surface area contributed by atoms with Gasteiger partial charge in [0.15, 0.2) is 0 Å². The van der Waals surface area contributed by atoms with Gasteiger partial charge in [-0.05, 0) is 101 Å². The summed E-state index contributed by atoms with van der Waals surface area (Å²) in [7, 11) is 0. The van der Waals surface area contributed by atoms with E-state index in [1.807, 2.05) is 27.7 Å². The highest BCUT2D eigenvalue weighted by Crippen LogP contribution is 2.37. The minimum absolute atomic E-state index is 0.0202. The Balaban J connectivity index is 4.63. The molecular weight excluding hydrogens is 496 g/mol. The van der Waals surface area contributed by atoms with Gasteiger partial charge in [-0.15, -0.1) is 0 Å². The van der Waals surface area contributed by atoms with E-state index < -0.39 is 16.9 Å². The molecule has 4 nitrogen and oxygen atoms in total. The van der Waals surface area contributed by atoms with Crippen LogP contribution in [0.5, 0.6) is 0 Å². The molecule has 40 heavy (non-hydrogen) atoms. The molecule has 0 saturated heterocycles. The second-order valence-corrected chi connectivity index (χ2v) is 17.3. The van der Waals surface area contributed by atoms with Gasteiger partial charge in [0.1, 0.15) is 12.7 Å². The second kappa shape index (κ2) is 15.1. The first-order chi connectivity index (χ1) is 17.8. The zero-order chi connectivity index (χ0) is 31.6. The molecule has 0 aromatic carbocycles. The molecule has 234 valence electrons. The number of esters is 2. The van der Waals surface area contributed by atoms with Gasteiger partial charge >= 0.3 is 11.9 Å². The molecule has 0 unspecified atom stereocenters. The second-order valence-electron chi connectivity index (χ2n) is 17.3. The molecule has 0 bridgehead atoms. The van der Waals surface area contributed by atoms with E-state index in [-0.39, 0.29) is 34.8 Å². The summed E-state index contributed by atoms with van der Waals surface area (Å²) in [6, 6.07) is 0. The van der Waals surface area contributed by atoms with Gasteiger partial charge in [-0.2, -0.15) is 0 Å². The quantitative estimate of drug-likeness (QED) is 0.107. The lowest BCUT2D eigenvalue weighted by Crippen LogP contribution is -2.36. The van der Waals surface area contributed by atoms with Crippen LogP contribution in [0.15, 0.2) is 24.3 Å². The topological polar surface area (TPSA) is 52.6 Å². The fourth-order valence-corrected chi connectivity index (χ4v) is 6.19. The van der Waals surface area contributed by atoms with Crippen molar-refractivity contribution in [3.63, 3.8) is 0 Å². The molecular formula is C36H66O4. The van der Waals surface area contributed by atoms with Crippen molar-refractivity contribution in [1.29, 1.82) is 0 Å². The van der Waals surface area contributed by atoms with Crippen LogP contribution < -0.4 is 0 Å². The van der Waals surface area contributed by atoms with Crippen molar-refractivity contribution >= 4 is 11.9 Å². The summed E-state index contributed by atoms with van der Waals surface area (Å²) >= 11 is 0. The number of hydrogen-bond acceptors (Lipinski definition) is 4. The highest BCUT2D eigenvalue weighted by Gasteiger charge is 2.37. The maximum atomic E-state index is 13.0. The molecule has 0 spiro atoms. The third kappa shape index (κ3) is 18.0. The molecule has 0 aliphatic heterocycles. The van der Waals surface area contributed by atoms with E-state index in [0.717, 1.165) is 25.7 Å². The van der Waals surface area contributed by atoms with Crippen molar-refractivity contribution in [2.75, 3.05) is 6.61 Å². The number of carbonyl (C=O) groups is 2. The summed E-state index contributed by atoms with van der Waals surface area (Å²) in [4.78, 5) is 25.6. The first kappa shape index (κ1) is 38.4. The molecule has 0 aromatic heterocycles. The predicted octanol–water partition coefficient (Wildman–Crippen LogP) is 10.5. The molecule has 1 atom stereocenters. The molecule has 0 radical (unpaired) electrons. The Morgan fingerprint density at radius 3 is 1.43 bits per heavy atom. The van der Waals surface area contributed by atoms with Gasteiger partial charge in [0.05, 0.1) is 10.8 Å². The van der Waals surface area contributed by atoms with E-state index in [1.54, 1.807) is 6.92 Å². The summed E-state index contributed by atoms with van der Waals surface area (Å²) in [6.45, 7) is 31.8. The van der Waals surface area contributed by atoms with Crippen molar-refractivity contribution < 1.29 is 19.1 Å². The first-order valence-electron chi connectivity index (χ1n) is 15.5. The van der Waals surface area contributed by atoms with Gasteiger partial charge in [0.25, 0.3) is 0 Å². The van der Waals surface area contributed by atoms with Crippen molar-refractivity contribution in [3.8, 4) is 0 Å². The van der Waals surface area contributed by atoms with Crippen LogP contribution in [0.1, 0.15) is 149 Å². The van der Waals surface area contributed by atoms with E-state index in [2.05, 4.69) is 93.5 Å². The number of rotatable bonds is 16. The van der Waals surface area contributed by atoms with Gasteiger partial charge < -0.3 is 9.47 Å². The molecule has 4 heteroatoms. The van der Waals surface area contributed by atoms with E-state index in [9.17, 15) is 9.59 Å². The average Bonchev–Trinajstić information content (AvgIpc) is 2.69. The van der Waals surface area contributed by atoms with Crippen LogP contribution in [0.25, 0.3) is 0 Å². The van der Waals surface area contributed by atoms with Gasteiger partial charge in [-0.1, -0.05) is 93.5 Å².